The van der Waals surface area contributed by atoms with Gasteiger partial charge in [0.25, 0.3) is 5.91 Å². The summed E-state index contributed by atoms with van der Waals surface area (Å²) >= 11 is 0. The fourth-order valence-corrected chi connectivity index (χ4v) is 3.68. The number of nitrogens with two attached hydrogens (primary N) is 1. The van der Waals surface area contributed by atoms with Crippen LogP contribution in [-0.4, -0.2) is 30.9 Å². The van der Waals surface area contributed by atoms with Crippen molar-refractivity contribution < 1.29 is 13.9 Å². The van der Waals surface area contributed by atoms with Crippen LogP contribution in [0.25, 0.3) is 11.1 Å². The Bertz CT molecular complexity index is 1110. The number of halogens is 1. The highest BCUT2D eigenvalue weighted by Crippen LogP contribution is 2.41. The molecule has 1 aliphatic rings. The van der Waals surface area contributed by atoms with E-state index >= 15 is 0 Å². The normalized spacial score (nSPS) is 18.7. The molecule has 3 aromatic rings. The fourth-order valence-electron chi connectivity index (χ4n) is 3.68. The highest BCUT2D eigenvalue weighted by Gasteiger charge is 2.49. The number of guanidine groups is 1. The van der Waals surface area contributed by atoms with Gasteiger partial charge in [0.2, 0.25) is 0 Å². The van der Waals surface area contributed by atoms with E-state index in [1.54, 1.807) is 13.1 Å². The SMILES string of the molecule is COc1ccc(F)cc1-c1cccc(C2(c3ccccc3)N=C(N)N(C)C2=O)c1. The van der Waals surface area contributed by atoms with E-state index in [-0.39, 0.29) is 17.7 Å². The number of ether oxygens (including phenoxy) is 1. The van der Waals surface area contributed by atoms with E-state index in [1.165, 1.54) is 24.1 Å². The molecular weight excluding hydrogens is 369 g/mol. The number of rotatable bonds is 4. The molecular formula is C23H20FN3O2. The maximum atomic E-state index is 13.9. The molecule has 0 saturated carbocycles. The van der Waals surface area contributed by atoms with E-state index in [0.29, 0.717) is 28.0 Å². The van der Waals surface area contributed by atoms with E-state index in [2.05, 4.69) is 4.99 Å². The Morgan fingerprint density at radius 3 is 2.38 bits per heavy atom. The third-order valence-corrected chi connectivity index (χ3v) is 5.18. The van der Waals surface area contributed by atoms with Crippen molar-refractivity contribution in [1.29, 1.82) is 0 Å². The van der Waals surface area contributed by atoms with E-state index < -0.39 is 5.54 Å². The van der Waals surface area contributed by atoms with Gasteiger partial charge in [-0.1, -0.05) is 48.5 Å². The number of hydrogen-bond donors (Lipinski definition) is 1. The van der Waals surface area contributed by atoms with E-state index in [1.807, 2.05) is 54.6 Å². The Labute approximate surface area is 168 Å². The summed E-state index contributed by atoms with van der Waals surface area (Å²) in [6.45, 7) is 0. The topological polar surface area (TPSA) is 67.9 Å². The number of methoxy groups -OCH3 is 1. The zero-order valence-electron chi connectivity index (χ0n) is 16.1. The maximum absolute atomic E-state index is 13.9. The Hall–Kier alpha value is -3.67. The van der Waals surface area contributed by atoms with Crippen molar-refractivity contribution in [2.45, 2.75) is 5.54 Å². The van der Waals surface area contributed by atoms with E-state index in [4.69, 9.17) is 10.5 Å². The van der Waals surface area contributed by atoms with Gasteiger partial charge in [-0.25, -0.2) is 9.38 Å². The molecule has 5 nitrogen and oxygen atoms in total. The number of carbonyl (C=O) groups is 1. The Balaban J connectivity index is 1.95. The van der Waals surface area contributed by atoms with Gasteiger partial charge in [-0.2, -0.15) is 0 Å². The molecule has 0 saturated heterocycles. The van der Waals surface area contributed by atoms with Crippen molar-refractivity contribution in [2.24, 2.45) is 10.7 Å². The summed E-state index contributed by atoms with van der Waals surface area (Å²) < 4.78 is 19.3. The summed E-state index contributed by atoms with van der Waals surface area (Å²) in [6.07, 6.45) is 0. The highest BCUT2D eigenvalue weighted by atomic mass is 19.1. The number of benzene rings is 3. The Kier molecular flexibility index (Phi) is 4.54. The molecule has 1 atom stereocenters. The third-order valence-electron chi connectivity index (χ3n) is 5.18. The fraction of sp³-hybridized carbons (Fsp3) is 0.130. The average Bonchev–Trinajstić information content (AvgIpc) is 2.99. The van der Waals surface area contributed by atoms with Gasteiger partial charge in [0, 0.05) is 12.6 Å². The molecule has 2 N–H and O–H groups in total. The minimum Gasteiger partial charge on any atom is -0.496 e. The van der Waals surface area contributed by atoms with Gasteiger partial charge in [-0.05, 0) is 41.0 Å². The lowest BCUT2D eigenvalue weighted by Gasteiger charge is -2.26. The molecule has 4 rings (SSSR count). The molecule has 0 aromatic heterocycles. The highest BCUT2D eigenvalue weighted by molar-refractivity contribution is 6.09. The van der Waals surface area contributed by atoms with Gasteiger partial charge >= 0.3 is 0 Å². The standard InChI is InChI=1S/C23H20FN3O2/c1-27-21(28)23(26-22(27)25,16-8-4-3-5-9-16)17-10-6-7-15(13-17)19-14-18(24)11-12-20(19)29-2/h3-14H,1-2H3,(H2,25,26). The Morgan fingerprint density at radius 1 is 1.00 bits per heavy atom. The van der Waals surface area contributed by atoms with Gasteiger partial charge < -0.3 is 10.5 Å². The summed E-state index contributed by atoms with van der Waals surface area (Å²) in [4.78, 5) is 19.2. The first-order valence-electron chi connectivity index (χ1n) is 9.11. The second-order valence-corrected chi connectivity index (χ2v) is 6.84. The zero-order chi connectivity index (χ0) is 20.6. The van der Waals surface area contributed by atoms with Crippen LogP contribution in [0, 0.1) is 5.82 Å². The molecule has 0 aliphatic carbocycles. The van der Waals surface area contributed by atoms with Gasteiger partial charge in [0.1, 0.15) is 11.6 Å². The number of hydrogen-bond acceptors (Lipinski definition) is 4. The second kappa shape index (κ2) is 7.05. The van der Waals surface area contributed by atoms with Gasteiger partial charge in [0.15, 0.2) is 11.5 Å². The lowest BCUT2D eigenvalue weighted by atomic mass is 9.81. The van der Waals surface area contributed by atoms with Crippen LogP contribution in [0.4, 0.5) is 4.39 Å². The molecule has 0 fully saturated rings. The molecule has 1 amide bonds. The van der Waals surface area contributed by atoms with Crippen molar-refractivity contribution in [3.8, 4) is 16.9 Å². The zero-order valence-corrected chi connectivity index (χ0v) is 16.1. The van der Waals surface area contributed by atoms with Crippen LogP contribution in [0.1, 0.15) is 11.1 Å². The third kappa shape index (κ3) is 2.93. The quantitative estimate of drug-likeness (QED) is 0.742. The number of aliphatic imine (C=N–C) groups is 1. The molecule has 0 radical (unpaired) electrons. The van der Waals surface area contributed by atoms with Crippen LogP contribution in [-0.2, 0) is 10.3 Å². The van der Waals surface area contributed by atoms with Crippen LogP contribution in [0.5, 0.6) is 5.75 Å². The van der Waals surface area contributed by atoms with Gasteiger partial charge in [-0.3, -0.25) is 9.69 Å². The molecule has 3 aromatic carbocycles. The maximum Gasteiger partial charge on any atom is 0.266 e. The molecule has 0 bridgehead atoms. The van der Waals surface area contributed by atoms with Crippen LogP contribution in [0.2, 0.25) is 0 Å². The average molecular weight is 389 g/mol. The van der Waals surface area contributed by atoms with E-state index in [0.717, 1.165) is 0 Å². The van der Waals surface area contributed by atoms with Crippen molar-refractivity contribution in [2.75, 3.05) is 14.2 Å². The van der Waals surface area contributed by atoms with E-state index in [9.17, 15) is 9.18 Å². The Morgan fingerprint density at radius 2 is 1.72 bits per heavy atom. The second-order valence-electron chi connectivity index (χ2n) is 6.84. The van der Waals surface area contributed by atoms with Crippen molar-refractivity contribution in [3.05, 3.63) is 89.7 Å². The summed E-state index contributed by atoms with van der Waals surface area (Å²) in [7, 11) is 3.14. The lowest BCUT2D eigenvalue weighted by molar-refractivity contribution is -0.129. The van der Waals surface area contributed by atoms with Crippen molar-refractivity contribution in [1.82, 2.24) is 4.90 Å². The number of amides is 1. The largest absolute Gasteiger partial charge is 0.496 e. The number of carbonyl (C=O) groups excluding carboxylic acids is 1. The molecule has 29 heavy (non-hydrogen) atoms. The molecule has 1 unspecified atom stereocenters. The monoisotopic (exact) mass is 389 g/mol. The predicted octanol–water partition coefficient (Wildman–Crippen LogP) is 3.53. The number of nitrogens with zero attached hydrogens (tertiary/aromatic N) is 2. The smallest absolute Gasteiger partial charge is 0.266 e. The van der Waals surface area contributed by atoms with Crippen LogP contribution < -0.4 is 10.5 Å². The summed E-state index contributed by atoms with van der Waals surface area (Å²) in [5, 5.41) is 0. The first-order valence-corrected chi connectivity index (χ1v) is 9.11. The predicted molar refractivity (Wildman–Crippen MR) is 110 cm³/mol. The molecule has 6 heteroatoms. The molecule has 1 aliphatic heterocycles. The summed E-state index contributed by atoms with van der Waals surface area (Å²) in [5.74, 6) is 0.0651. The minimum absolute atomic E-state index is 0.146. The molecule has 146 valence electrons. The van der Waals surface area contributed by atoms with Crippen LogP contribution >= 0.6 is 0 Å². The lowest BCUT2D eigenvalue weighted by Crippen LogP contribution is -2.41. The van der Waals surface area contributed by atoms with Crippen molar-refractivity contribution in [3.63, 3.8) is 0 Å². The summed E-state index contributed by atoms with van der Waals surface area (Å²) in [5.41, 5.74) is 7.38. The van der Waals surface area contributed by atoms with Crippen molar-refractivity contribution >= 4 is 11.9 Å². The number of likely N-dealkylation sites (N-methyl/N-ethyl adjacent to an activating group) is 1. The molecule has 0 spiro atoms. The summed E-state index contributed by atoms with van der Waals surface area (Å²) in [6, 6.07) is 20.9. The van der Waals surface area contributed by atoms with Gasteiger partial charge in [0.05, 0.1) is 7.11 Å². The minimum atomic E-state index is -1.29. The first kappa shape index (κ1) is 18.7. The molecule has 1 heterocycles. The van der Waals surface area contributed by atoms with Crippen LogP contribution in [0.15, 0.2) is 77.8 Å². The van der Waals surface area contributed by atoms with Crippen LogP contribution in [0.3, 0.4) is 0 Å². The first-order chi connectivity index (χ1) is 14.0. The van der Waals surface area contributed by atoms with Gasteiger partial charge in [-0.15, -0.1) is 0 Å².